The van der Waals surface area contributed by atoms with E-state index < -0.39 is 173 Å². The molecule has 3 N–H and O–H groups in total. The summed E-state index contributed by atoms with van der Waals surface area (Å²) in [5.74, 6) is -8.49. The van der Waals surface area contributed by atoms with Crippen LogP contribution in [-0.4, -0.2) is 251 Å². The molecule has 99 heavy (non-hydrogen) atoms. The molecule has 1 spiro atoms. The lowest BCUT2D eigenvalue weighted by Gasteiger charge is -2.43. The van der Waals surface area contributed by atoms with Crippen molar-refractivity contribution in [3.05, 3.63) is 34.3 Å². The number of hydrogen-bond acceptors (Lipinski definition) is 12. The molecule has 552 valence electrons. The summed E-state index contributed by atoms with van der Waals surface area (Å²) in [5, 5.41) is 8.16. The van der Waals surface area contributed by atoms with E-state index in [2.05, 4.69) is 16.0 Å². The average Bonchev–Trinajstić information content (AvgIpc) is 1.75. The van der Waals surface area contributed by atoms with Crippen molar-refractivity contribution in [2.24, 2.45) is 17.8 Å². The molecule has 12 amide bonds. The Balaban J connectivity index is 1.28. The number of likely N-dealkylation sites (tertiary alicyclic amines) is 1. The smallest absolute Gasteiger partial charge is 0.343 e. The highest BCUT2D eigenvalue weighted by molar-refractivity contribution is 6.31. The summed E-state index contributed by atoms with van der Waals surface area (Å²) in [6, 6.07) is -5.46. The van der Waals surface area contributed by atoms with E-state index in [1.54, 1.807) is 11.8 Å². The van der Waals surface area contributed by atoms with Crippen molar-refractivity contribution in [3.8, 4) is 0 Å². The number of nitrogens with one attached hydrogen (secondary N) is 3. The number of likely N-dealkylation sites (N-methyl/N-ethyl adjacent to an activating group) is 7. The monoisotopic (exact) mass is 1410 g/mol. The van der Waals surface area contributed by atoms with Crippen LogP contribution < -0.4 is 16.0 Å². The first kappa shape index (κ1) is 79.3. The summed E-state index contributed by atoms with van der Waals surface area (Å²) >= 11 is 6.16. The lowest BCUT2D eigenvalue weighted by atomic mass is 9.81. The average molecular weight is 1410 g/mol. The number of benzene rings is 1. The number of carbonyl (C=O) groups is 12. The maximum atomic E-state index is 15.7. The number of nitrogens with zero attached hydrogens (tertiary/aromatic N) is 9. The van der Waals surface area contributed by atoms with Crippen molar-refractivity contribution in [1.82, 2.24) is 60.0 Å². The molecule has 7 rings (SSSR count). The predicted octanol–water partition coefficient (Wildman–Crippen LogP) is 5.79. The maximum absolute atomic E-state index is 15.7. The van der Waals surface area contributed by atoms with Crippen LogP contribution in [0.2, 0.25) is 5.02 Å². The Morgan fingerprint density at radius 2 is 1.22 bits per heavy atom. The number of aryl methyl sites for hydroxylation is 1. The zero-order valence-electron chi connectivity index (χ0n) is 59.9. The Morgan fingerprint density at radius 1 is 0.616 bits per heavy atom. The maximum Gasteiger partial charge on any atom is 0.417 e. The summed E-state index contributed by atoms with van der Waals surface area (Å²) in [7, 11) is 10.00. The van der Waals surface area contributed by atoms with Crippen LogP contribution in [0.15, 0.2) is 18.2 Å². The van der Waals surface area contributed by atoms with Gasteiger partial charge in [-0.1, -0.05) is 115 Å². The van der Waals surface area contributed by atoms with Gasteiger partial charge in [0.15, 0.2) is 0 Å². The highest BCUT2D eigenvalue weighted by atomic mass is 35.5. The van der Waals surface area contributed by atoms with E-state index in [1.165, 1.54) is 79.9 Å². The van der Waals surface area contributed by atoms with Crippen molar-refractivity contribution in [2.45, 2.75) is 235 Å². The van der Waals surface area contributed by atoms with Crippen LogP contribution in [0.5, 0.6) is 0 Å². The molecule has 24 nitrogen and oxygen atoms in total. The van der Waals surface area contributed by atoms with Gasteiger partial charge in [0.1, 0.15) is 47.8 Å². The van der Waals surface area contributed by atoms with Gasteiger partial charge in [-0.2, -0.15) is 13.2 Å². The lowest BCUT2D eigenvalue weighted by molar-refractivity contribution is -0.156. The predicted molar refractivity (Wildman–Crippen MR) is 364 cm³/mol. The first-order chi connectivity index (χ1) is 46.8. The Bertz CT molecular complexity index is 3080. The van der Waals surface area contributed by atoms with Gasteiger partial charge >= 0.3 is 6.18 Å². The first-order valence-electron chi connectivity index (χ1n) is 36.0. The molecular formula is C71H108ClF3N12O12. The quantitative estimate of drug-likeness (QED) is 0.238. The van der Waals surface area contributed by atoms with Crippen molar-refractivity contribution < 1.29 is 70.7 Å². The molecule has 0 aromatic heterocycles. The standard InChI is InChI=1S/C71H108ClF3N12O12/c1-11-24-52-62(92)77-60(45(3)12-2)67(97)81(6)43-58(90)79(4)44-59(91)83(8)54(40-46-25-15-13-16-26-46)65(95)80(5)42-56(88)76-51(33-31-47-30-32-49(50(72)39-47)71(73,74)75)64(94)87-38-23-29-53(87)63(93)78-70(34-19-20-35-70)69(99)85(10)61(48-27-17-14-18-28-48)68(98)84(9)55(41-57(89)82(52)7)66(96)86-36-21-22-37-86/h30,32,39,45-46,48,51-55,60-61H,11-29,31,33-38,40-44H2,1-10H3,(H,76,88)(H,77,92)(H,78,93)/t45-,51-,52-,53-,54-,55-,60-,61-/m0/s1. The molecule has 28 heteroatoms. The van der Waals surface area contributed by atoms with E-state index in [1.807, 2.05) is 13.8 Å². The van der Waals surface area contributed by atoms with Gasteiger partial charge in [0.25, 0.3) is 0 Å². The summed E-state index contributed by atoms with van der Waals surface area (Å²) in [6.07, 6.45) is 6.73. The van der Waals surface area contributed by atoms with E-state index >= 15 is 19.2 Å². The Morgan fingerprint density at radius 3 is 1.83 bits per heavy atom. The molecule has 3 aliphatic heterocycles. The number of fused-ring (bicyclic) bond motifs is 1. The number of amides is 12. The third kappa shape index (κ3) is 19.7. The van der Waals surface area contributed by atoms with Crippen LogP contribution >= 0.6 is 11.6 Å². The SMILES string of the molecule is CCC[C@H]1C(=O)N[C@@H]([C@@H](C)CC)C(=O)N(C)CC(=O)N(C)CC(=O)N(C)[C@@H](CC2CCCCC2)C(=O)N(C)CC(=O)N[C@@H](CCc2ccc(C(F)(F)F)c(Cl)c2)C(=O)N2CCC[C@H]2C(=O)NC2(CCCC2)C(=O)N(C)[C@@H](C2CCCCC2)C(=O)N(C)[C@H](C(=O)N2CCCC2)CC(=O)N1C. The van der Waals surface area contributed by atoms with Gasteiger partial charge < -0.3 is 60.0 Å². The van der Waals surface area contributed by atoms with Gasteiger partial charge in [0.05, 0.1) is 36.6 Å². The van der Waals surface area contributed by atoms with Crippen LogP contribution in [0.25, 0.3) is 0 Å². The fourth-order valence-electron chi connectivity index (χ4n) is 15.6. The van der Waals surface area contributed by atoms with Gasteiger partial charge in [-0.25, -0.2) is 0 Å². The van der Waals surface area contributed by atoms with Crippen LogP contribution in [0.4, 0.5) is 13.2 Å². The Kier molecular flexibility index (Phi) is 28.4. The van der Waals surface area contributed by atoms with Crippen molar-refractivity contribution in [3.63, 3.8) is 0 Å². The molecule has 3 saturated heterocycles. The molecule has 1 aromatic carbocycles. The van der Waals surface area contributed by atoms with E-state index in [-0.39, 0.29) is 57.4 Å². The highest BCUT2D eigenvalue weighted by Crippen LogP contribution is 2.38. The fraction of sp³-hybridized carbons (Fsp3) is 0.746. The number of carbonyl (C=O) groups excluding carboxylic acids is 12. The van der Waals surface area contributed by atoms with Crippen molar-refractivity contribution in [2.75, 3.05) is 88.6 Å². The fourth-order valence-corrected chi connectivity index (χ4v) is 15.9. The zero-order chi connectivity index (χ0) is 72.8. The summed E-state index contributed by atoms with van der Waals surface area (Å²) in [6.45, 7) is 4.56. The van der Waals surface area contributed by atoms with E-state index in [4.69, 9.17) is 11.6 Å². The second kappa shape index (κ2) is 35.5. The molecule has 8 atom stereocenters. The number of hydrogen-bond donors (Lipinski definition) is 3. The molecule has 3 saturated carbocycles. The molecule has 1 aromatic rings. The number of halogens is 4. The minimum Gasteiger partial charge on any atom is -0.343 e. The first-order valence-corrected chi connectivity index (χ1v) is 36.4. The molecule has 6 fully saturated rings. The van der Waals surface area contributed by atoms with Gasteiger partial charge in [0.2, 0.25) is 70.9 Å². The van der Waals surface area contributed by atoms with E-state index in [0.717, 1.165) is 78.2 Å². The minimum absolute atomic E-state index is 0.0216. The zero-order valence-corrected chi connectivity index (χ0v) is 60.6. The number of alkyl halides is 3. The summed E-state index contributed by atoms with van der Waals surface area (Å²) in [4.78, 5) is 190. The Hall–Kier alpha value is -7.06. The molecular weight excluding hydrogens is 1310 g/mol. The normalized spacial score (nSPS) is 26.9. The second-order valence-electron chi connectivity index (χ2n) is 29.0. The molecule has 3 aliphatic carbocycles. The number of rotatable bonds is 11. The van der Waals surface area contributed by atoms with Crippen molar-refractivity contribution in [1.29, 1.82) is 0 Å². The third-order valence-electron chi connectivity index (χ3n) is 22.0. The molecule has 3 heterocycles. The lowest BCUT2D eigenvalue weighted by Crippen LogP contribution is -2.65. The van der Waals surface area contributed by atoms with Gasteiger partial charge in [-0.05, 0) is 112 Å². The Labute approximate surface area is 586 Å². The van der Waals surface area contributed by atoms with Gasteiger partial charge in [0, 0.05) is 69.0 Å². The highest BCUT2D eigenvalue weighted by Gasteiger charge is 2.51. The molecule has 0 unspecified atom stereocenters. The van der Waals surface area contributed by atoms with Crippen LogP contribution in [0, 0.1) is 17.8 Å². The molecule has 6 aliphatic rings. The largest absolute Gasteiger partial charge is 0.417 e. The molecule has 0 bridgehead atoms. The van der Waals surface area contributed by atoms with E-state index in [0.29, 0.717) is 76.4 Å². The minimum atomic E-state index is -4.76. The van der Waals surface area contributed by atoms with Crippen LogP contribution in [0.3, 0.4) is 0 Å². The summed E-state index contributed by atoms with van der Waals surface area (Å²) in [5.41, 5.74) is -2.33. The van der Waals surface area contributed by atoms with Crippen LogP contribution in [-0.2, 0) is 70.1 Å². The van der Waals surface area contributed by atoms with Gasteiger partial charge in [-0.3, -0.25) is 57.5 Å². The second-order valence-corrected chi connectivity index (χ2v) is 29.4. The van der Waals surface area contributed by atoms with E-state index in [9.17, 15) is 51.5 Å². The topological polar surface area (TPSA) is 270 Å². The van der Waals surface area contributed by atoms with Crippen molar-refractivity contribution >= 4 is 82.5 Å². The van der Waals surface area contributed by atoms with Gasteiger partial charge in [-0.15, -0.1) is 0 Å². The molecule has 0 radical (unpaired) electrons. The third-order valence-corrected chi connectivity index (χ3v) is 22.3. The summed E-state index contributed by atoms with van der Waals surface area (Å²) < 4.78 is 41.6. The van der Waals surface area contributed by atoms with Crippen LogP contribution in [0.1, 0.15) is 186 Å².